The lowest BCUT2D eigenvalue weighted by Crippen LogP contribution is -2.18. The average molecular weight is 749 g/mol. The van der Waals surface area contributed by atoms with Crippen LogP contribution in [0.3, 0.4) is 0 Å². The quantitative estimate of drug-likeness (QED) is 0.102. The van der Waals surface area contributed by atoms with Gasteiger partial charge in [-0.3, -0.25) is 0 Å². The van der Waals surface area contributed by atoms with Gasteiger partial charge in [0, 0.05) is 5.41 Å². The van der Waals surface area contributed by atoms with Crippen LogP contribution in [0.1, 0.15) is 47.2 Å². The number of benzene rings is 6. The second-order valence-electron chi connectivity index (χ2n) is 13.4. The average Bonchev–Trinajstić information content (AvgIpc) is 3.08. The molecule has 0 spiro atoms. The lowest BCUT2D eigenvalue weighted by molar-refractivity contribution is 0.296. The van der Waals surface area contributed by atoms with Crippen molar-refractivity contribution in [1.82, 2.24) is 0 Å². The van der Waals surface area contributed by atoms with Gasteiger partial charge in [0.25, 0.3) is 0 Å². The minimum absolute atomic E-state index is 0.315. The Morgan fingerprint density at radius 1 is 0.358 bits per heavy atom. The van der Waals surface area contributed by atoms with E-state index in [9.17, 15) is 9.13 Å². The van der Waals surface area contributed by atoms with Crippen LogP contribution in [0.4, 0.5) is 0 Å². The summed E-state index contributed by atoms with van der Waals surface area (Å²) in [6.45, 7) is 11.8. The Morgan fingerprint density at radius 2 is 0.604 bits per heavy atom. The third-order valence-electron chi connectivity index (χ3n) is 8.41. The van der Waals surface area contributed by atoms with E-state index < -0.39 is 21.1 Å². The van der Waals surface area contributed by atoms with Gasteiger partial charge in [0.1, 0.15) is 34.5 Å². The first kappa shape index (κ1) is 37.3. The number of phosphoric acid groups is 2. The first-order valence-corrected chi connectivity index (χ1v) is 20.0. The van der Waals surface area contributed by atoms with Crippen LogP contribution in [-0.2, 0) is 14.5 Å². The van der Waals surface area contributed by atoms with Gasteiger partial charge in [0.2, 0.25) is 0 Å². The molecule has 272 valence electrons. The third-order valence-corrected chi connectivity index (χ3v) is 11.0. The number of hydrogen-bond donors (Lipinski definition) is 0. The second-order valence-corrected chi connectivity index (χ2v) is 16.3. The molecule has 0 saturated heterocycles. The molecular weight excluding hydrogens is 706 g/mol. The van der Waals surface area contributed by atoms with Gasteiger partial charge in [-0.15, -0.1) is 0 Å². The summed E-state index contributed by atoms with van der Waals surface area (Å²) < 4.78 is 63.7. The Balaban J connectivity index is 1.20. The summed E-state index contributed by atoms with van der Waals surface area (Å²) in [5.41, 5.74) is 5.21. The highest BCUT2D eigenvalue weighted by Gasteiger charge is 2.35. The van der Waals surface area contributed by atoms with Crippen LogP contribution in [0, 0.1) is 27.7 Å². The van der Waals surface area contributed by atoms with Crippen molar-refractivity contribution in [2.45, 2.75) is 47.0 Å². The normalized spacial score (nSPS) is 11.7. The fourth-order valence-electron chi connectivity index (χ4n) is 5.61. The summed E-state index contributed by atoms with van der Waals surface area (Å²) in [4.78, 5) is 0. The lowest BCUT2D eigenvalue weighted by Gasteiger charge is -2.27. The Morgan fingerprint density at radius 3 is 0.849 bits per heavy atom. The van der Waals surface area contributed by atoms with Crippen LogP contribution in [0.5, 0.6) is 34.5 Å². The summed E-state index contributed by atoms with van der Waals surface area (Å²) in [6, 6.07) is 43.4. The molecule has 0 saturated carbocycles. The van der Waals surface area contributed by atoms with Crippen molar-refractivity contribution in [1.29, 1.82) is 0 Å². The minimum Gasteiger partial charge on any atom is -0.386 e. The molecule has 0 heterocycles. The van der Waals surface area contributed by atoms with Crippen LogP contribution in [0.2, 0.25) is 0 Å². The fourth-order valence-corrected chi connectivity index (χ4v) is 8.08. The SMILES string of the molecule is Cc1cccc(OP(=O)(Oc2ccc(C(C)(C)c3ccc(OP(=O)(Oc4cccc(C)c4)Oc4cccc(C)c4)cc3)cc2)Oc2cccc(C)c2)c1. The molecule has 6 aromatic carbocycles. The summed E-state index contributed by atoms with van der Waals surface area (Å²) in [6.07, 6.45) is 0. The molecule has 0 unspecified atom stereocenters. The van der Waals surface area contributed by atoms with Crippen LogP contribution >= 0.6 is 15.6 Å². The molecule has 0 aliphatic rings. The molecule has 0 aliphatic heterocycles. The van der Waals surface area contributed by atoms with Crippen molar-refractivity contribution < 1.29 is 36.3 Å². The Kier molecular flexibility index (Phi) is 11.0. The van der Waals surface area contributed by atoms with Gasteiger partial charge in [-0.05, 0) is 134 Å². The molecule has 53 heavy (non-hydrogen) atoms. The van der Waals surface area contributed by atoms with Gasteiger partial charge in [0.05, 0.1) is 0 Å². The van der Waals surface area contributed by atoms with Crippen LogP contribution in [0.25, 0.3) is 0 Å². The molecule has 0 N–H and O–H groups in total. The molecule has 10 heteroatoms. The number of hydrogen-bond acceptors (Lipinski definition) is 8. The van der Waals surface area contributed by atoms with Gasteiger partial charge < -0.3 is 27.1 Å². The van der Waals surface area contributed by atoms with E-state index in [1.807, 2.05) is 100 Å². The second kappa shape index (κ2) is 15.7. The largest absolute Gasteiger partial charge is 0.647 e. The maximum atomic E-state index is 14.1. The van der Waals surface area contributed by atoms with E-state index in [1.165, 1.54) is 0 Å². The molecule has 6 aromatic rings. The van der Waals surface area contributed by atoms with Crippen molar-refractivity contribution >= 4 is 15.6 Å². The summed E-state index contributed by atoms with van der Waals surface area (Å²) in [5, 5.41) is 0. The Bertz CT molecular complexity index is 2020. The van der Waals surface area contributed by atoms with Gasteiger partial charge in [-0.2, -0.15) is 9.13 Å². The molecule has 6 rings (SSSR count). The highest BCUT2D eigenvalue weighted by molar-refractivity contribution is 7.50. The number of rotatable bonds is 14. The Labute approximate surface area is 311 Å². The molecular formula is C43H42O8P2. The standard InChI is InChI=1S/C43H42O8P2/c1-31-11-7-15-39(27-31)48-52(44,49-40-16-8-12-32(2)28-40)46-37-23-19-35(20-24-37)43(5,6)36-21-25-38(26-22-36)47-53(45,50-41-17-9-13-33(3)29-41)51-42-18-10-14-34(4)30-42/h7-30H,1-6H3. The highest BCUT2D eigenvalue weighted by atomic mass is 31.2. The molecule has 0 aliphatic carbocycles. The van der Waals surface area contributed by atoms with E-state index in [0.717, 1.165) is 33.4 Å². The summed E-state index contributed by atoms with van der Waals surface area (Å²) in [5.74, 6) is 2.10. The predicted molar refractivity (Wildman–Crippen MR) is 209 cm³/mol. The number of aryl methyl sites for hydroxylation is 4. The summed E-state index contributed by atoms with van der Waals surface area (Å²) in [7, 11) is -8.34. The van der Waals surface area contributed by atoms with Crippen LogP contribution < -0.4 is 27.1 Å². The number of phosphoric ester groups is 2. The topological polar surface area (TPSA) is 89.5 Å². The molecule has 0 atom stereocenters. The maximum absolute atomic E-state index is 14.1. The van der Waals surface area contributed by atoms with Crippen molar-refractivity contribution in [2.24, 2.45) is 0 Å². The zero-order valence-electron chi connectivity index (χ0n) is 30.5. The Hall–Kier alpha value is -5.42. The molecule has 0 fully saturated rings. The van der Waals surface area contributed by atoms with E-state index in [4.69, 9.17) is 27.1 Å². The van der Waals surface area contributed by atoms with E-state index in [-0.39, 0.29) is 0 Å². The van der Waals surface area contributed by atoms with Gasteiger partial charge in [-0.25, -0.2) is 0 Å². The van der Waals surface area contributed by atoms with Crippen LogP contribution in [0.15, 0.2) is 146 Å². The first-order chi connectivity index (χ1) is 25.3. The predicted octanol–water partition coefficient (Wildman–Crippen LogP) is 12.5. The molecule has 0 radical (unpaired) electrons. The van der Waals surface area contributed by atoms with Gasteiger partial charge in [0.15, 0.2) is 0 Å². The molecule has 0 amide bonds. The van der Waals surface area contributed by atoms with Gasteiger partial charge in [-0.1, -0.05) is 86.6 Å². The minimum atomic E-state index is -4.17. The molecule has 0 aromatic heterocycles. The lowest BCUT2D eigenvalue weighted by atomic mass is 9.78. The first-order valence-electron chi connectivity index (χ1n) is 17.1. The smallest absolute Gasteiger partial charge is 0.386 e. The van der Waals surface area contributed by atoms with E-state index in [1.54, 1.807) is 72.8 Å². The fraction of sp³-hybridized carbons (Fsp3) is 0.163. The van der Waals surface area contributed by atoms with Crippen molar-refractivity contribution in [3.63, 3.8) is 0 Å². The molecule has 0 bridgehead atoms. The van der Waals surface area contributed by atoms with Gasteiger partial charge >= 0.3 is 15.6 Å². The highest BCUT2D eigenvalue weighted by Crippen LogP contribution is 2.51. The third kappa shape index (κ3) is 9.92. The van der Waals surface area contributed by atoms with Crippen molar-refractivity contribution in [3.8, 4) is 34.5 Å². The van der Waals surface area contributed by atoms with Crippen molar-refractivity contribution in [2.75, 3.05) is 0 Å². The van der Waals surface area contributed by atoms with E-state index >= 15 is 0 Å². The summed E-state index contributed by atoms with van der Waals surface area (Å²) >= 11 is 0. The monoisotopic (exact) mass is 748 g/mol. The van der Waals surface area contributed by atoms with E-state index in [2.05, 4.69) is 13.8 Å². The van der Waals surface area contributed by atoms with Crippen molar-refractivity contribution in [3.05, 3.63) is 179 Å². The zero-order valence-corrected chi connectivity index (χ0v) is 32.3. The maximum Gasteiger partial charge on any atom is 0.647 e. The van der Waals surface area contributed by atoms with Crippen LogP contribution in [-0.4, -0.2) is 0 Å². The van der Waals surface area contributed by atoms with E-state index in [0.29, 0.717) is 34.5 Å². The zero-order chi connectivity index (χ0) is 37.6. The molecule has 8 nitrogen and oxygen atoms in total.